The number of hydrogen-bond donors (Lipinski definition) is 4. The fraction of sp³-hybridized carbons (Fsp3) is 0.0968. The number of hydrazone groups is 1. The zero-order valence-electron chi connectivity index (χ0n) is 24.0. The maximum Gasteiger partial charge on any atom is 0.281 e. The average Bonchev–Trinajstić information content (AvgIpc) is 3.71. The van der Waals surface area contributed by atoms with E-state index in [0.717, 1.165) is 11.3 Å². The van der Waals surface area contributed by atoms with Crippen molar-refractivity contribution in [1.82, 2.24) is 20.4 Å². The molecule has 0 aliphatic rings. The molecule has 0 radical (unpaired) electrons. The molecule has 0 atom stereocenters. The monoisotopic (exact) mass is 713 g/mol. The van der Waals surface area contributed by atoms with E-state index in [1.807, 2.05) is 0 Å². The molecular formula is C31H25Cl2N5O5S3. The molecule has 236 valence electrons. The number of carbonyl (C=O) groups excluding carboxylic acids is 2. The van der Waals surface area contributed by atoms with Crippen LogP contribution < -0.4 is 15.5 Å². The first-order valence-electron chi connectivity index (χ1n) is 13.5. The number of amides is 2. The van der Waals surface area contributed by atoms with Crippen LogP contribution in [0.15, 0.2) is 94.4 Å². The molecule has 0 fully saturated rings. The molecule has 0 bridgehead atoms. The molecule has 3 heterocycles. The van der Waals surface area contributed by atoms with Crippen LogP contribution in [0.4, 0.5) is 0 Å². The van der Waals surface area contributed by atoms with Gasteiger partial charge in [-0.3, -0.25) is 14.6 Å². The van der Waals surface area contributed by atoms with Crippen molar-refractivity contribution in [3.63, 3.8) is 0 Å². The predicted octanol–water partition coefficient (Wildman–Crippen LogP) is 6.45. The molecule has 0 spiro atoms. The minimum absolute atomic E-state index is 0.00232. The quantitative estimate of drug-likeness (QED) is 0.0914. The average molecular weight is 715 g/mol. The lowest BCUT2D eigenvalue weighted by molar-refractivity contribution is 0.0950. The van der Waals surface area contributed by atoms with Gasteiger partial charge in [0.05, 0.1) is 53.1 Å². The Morgan fingerprint density at radius 2 is 1.67 bits per heavy atom. The van der Waals surface area contributed by atoms with Gasteiger partial charge in [-0.2, -0.15) is 5.10 Å². The summed E-state index contributed by atoms with van der Waals surface area (Å²) in [6.07, 6.45) is 1.59. The summed E-state index contributed by atoms with van der Waals surface area (Å²) in [5, 5.41) is 20.2. The first-order chi connectivity index (χ1) is 22.0. The second-order valence-electron chi connectivity index (χ2n) is 9.73. The molecule has 0 unspecified atom stereocenters. The highest BCUT2D eigenvalue weighted by Gasteiger charge is 2.18. The molecule has 3 aromatic heterocycles. The smallest absolute Gasteiger partial charge is 0.281 e. The molecule has 0 saturated carbocycles. The SMILES string of the molecule is C/C(=N\NC(=O)c1ccc(C(=O)NCc2ccc(S(=O)(=O)NCc3ccccn3)cc2)s1)c1csc(-c2ccc(Cl)c(Cl)c2)c1O. The molecule has 0 aliphatic carbocycles. The molecule has 15 heteroatoms. The van der Waals surface area contributed by atoms with Crippen LogP contribution in [0.1, 0.15) is 43.1 Å². The molecule has 4 N–H and O–H groups in total. The molecule has 0 aliphatic heterocycles. The maximum atomic E-state index is 12.7. The number of sulfonamides is 1. The van der Waals surface area contributed by atoms with E-state index < -0.39 is 21.8 Å². The summed E-state index contributed by atoms with van der Waals surface area (Å²) in [5.41, 5.74) is 5.27. The Kier molecular flexibility index (Phi) is 10.5. The lowest BCUT2D eigenvalue weighted by Gasteiger charge is -2.08. The Bertz CT molecular complexity index is 2030. The van der Waals surface area contributed by atoms with Gasteiger partial charge in [-0.15, -0.1) is 22.7 Å². The zero-order chi connectivity index (χ0) is 32.8. The Morgan fingerprint density at radius 3 is 2.37 bits per heavy atom. The predicted molar refractivity (Wildman–Crippen MR) is 181 cm³/mol. The lowest BCUT2D eigenvalue weighted by Crippen LogP contribution is -2.24. The second kappa shape index (κ2) is 14.5. The summed E-state index contributed by atoms with van der Waals surface area (Å²) in [6.45, 7) is 1.86. The maximum absolute atomic E-state index is 12.7. The Morgan fingerprint density at radius 1 is 0.935 bits per heavy atom. The van der Waals surface area contributed by atoms with Crippen molar-refractivity contribution >= 4 is 73.4 Å². The van der Waals surface area contributed by atoms with E-state index in [4.69, 9.17) is 23.2 Å². The van der Waals surface area contributed by atoms with Crippen LogP contribution in [0.25, 0.3) is 10.4 Å². The number of rotatable bonds is 11. The third kappa shape index (κ3) is 7.99. The van der Waals surface area contributed by atoms with Crippen molar-refractivity contribution in [1.29, 1.82) is 0 Å². The van der Waals surface area contributed by atoms with Gasteiger partial charge < -0.3 is 10.4 Å². The Balaban J connectivity index is 1.14. The van der Waals surface area contributed by atoms with Crippen molar-refractivity contribution in [2.24, 2.45) is 5.10 Å². The number of thiophene rings is 2. The van der Waals surface area contributed by atoms with Crippen LogP contribution >= 0.6 is 45.9 Å². The third-order valence-corrected chi connectivity index (χ3v) is 10.8. The van der Waals surface area contributed by atoms with E-state index >= 15 is 0 Å². The number of aromatic hydroxyl groups is 1. The first-order valence-corrected chi connectivity index (χ1v) is 17.4. The fourth-order valence-electron chi connectivity index (χ4n) is 4.09. The van der Waals surface area contributed by atoms with Crippen LogP contribution in [0.2, 0.25) is 10.0 Å². The van der Waals surface area contributed by atoms with Crippen LogP contribution in [0, 0.1) is 0 Å². The number of aromatic nitrogens is 1. The topological polar surface area (TPSA) is 150 Å². The molecule has 0 saturated heterocycles. The van der Waals surface area contributed by atoms with Crippen LogP contribution in [0.3, 0.4) is 0 Å². The van der Waals surface area contributed by atoms with E-state index in [-0.39, 0.29) is 28.6 Å². The van der Waals surface area contributed by atoms with Gasteiger partial charge >= 0.3 is 0 Å². The summed E-state index contributed by atoms with van der Waals surface area (Å²) in [4.78, 5) is 30.8. The van der Waals surface area contributed by atoms with Gasteiger partial charge in [0, 0.05) is 18.1 Å². The van der Waals surface area contributed by atoms with E-state index in [1.54, 1.807) is 67.0 Å². The van der Waals surface area contributed by atoms with Gasteiger partial charge in [-0.25, -0.2) is 18.6 Å². The first kappa shape index (κ1) is 33.3. The minimum Gasteiger partial charge on any atom is -0.506 e. The molecule has 5 rings (SSSR count). The Hall–Kier alpha value is -4.11. The highest BCUT2D eigenvalue weighted by molar-refractivity contribution is 7.89. The van der Waals surface area contributed by atoms with Gasteiger partial charge in [0.25, 0.3) is 11.8 Å². The van der Waals surface area contributed by atoms with Gasteiger partial charge in [0.2, 0.25) is 10.0 Å². The number of benzene rings is 2. The van der Waals surface area contributed by atoms with E-state index in [0.29, 0.717) is 47.9 Å². The number of nitrogens with one attached hydrogen (secondary N) is 3. The number of nitrogens with zero attached hydrogens (tertiary/aromatic N) is 2. The summed E-state index contributed by atoms with van der Waals surface area (Å²) >= 11 is 14.4. The molecule has 10 nitrogen and oxygen atoms in total. The van der Waals surface area contributed by atoms with Crippen LogP contribution in [-0.4, -0.2) is 36.0 Å². The highest BCUT2D eigenvalue weighted by Crippen LogP contribution is 2.40. The van der Waals surface area contributed by atoms with Crippen molar-refractivity contribution in [2.75, 3.05) is 0 Å². The lowest BCUT2D eigenvalue weighted by atomic mass is 10.1. The highest BCUT2D eigenvalue weighted by atomic mass is 35.5. The van der Waals surface area contributed by atoms with E-state index in [9.17, 15) is 23.1 Å². The van der Waals surface area contributed by atoms with E-state index in [2.05, 4.69) is 25.6 Å². The summed E-state index contributed by atoms with van der Waals surface area (Å²) in [6, 6.07) is 19.5. The van der Waals surface area contributed by atoms with Crippen LogP contribution in [-0.2, 0) is 23.1 Å². The number of hydrogen-bond acceptors (Lipinski definition) is 9. The number of carbonyl (C=O) groups is 2. The fourth-order valence-corrected chi connectivity index (χ4v) is 7.21. The standard InChI is InChI=1S/C31H25Cl2N5O5S3/c1-18(23-17-44-29(28(23)39)20-7-10-24(32)25(33)14-20)37-38-31(41)27-12-11-26(45-27)30(40)35-15-19-5-8-22(9-6-19)46(42,43)36-16-21-4-2-3-13-34-21/h2-14,17,36,39H,15-16H2,1H3,(H,35,40)(H,38,41)/b37-18+. The molecule has 2 aromatic carbocycles. The van der Waals surface area contributed by atoms with Crippen molar-refractivity contribution < 1.29 is 23.1 Å². The Labute approximate surface area is 282 Å². The van der Waals surface area contributed by atoms with Crippen LogP contribution in [0.5, 0.6) is 5.75 Å². The second-order valence-corrected chi connectivity index (χ2v) is 14.3. The summed E-state index contributed by atoms with van der Waals surface area (Å²) in [7, 11) is -3.74. The van der Waals surface area contributed by atoms with Crippen molar-refractivity contribution in [2.45, 2.75) is 24.9 Å². The van der Waals surface area contributed by atoms with Gasteiger partial charge in [-0.05, 0) is 66.6 Å². The van der Waals surface area contributed by atoms with Gasteiger partial charge in [-0.1, -0.05) is 47.5 Å². The summed E-state index contributed by atoms with van der Waals surface area (Å²) < 4.78 is 27.7. The normalized spacial score (nSPS) is 11.8. The van der Waals surface area contributed by atoms with E-state index in [1.165, 1.54) is 35.6 Å². The molecular weight excluding hydrogens is 689 g/mol. The summed E-state index contributed by atoms with van der Waals surface area (Å²) in [5.74, 6) is -0.908. The molecule has 2 amide bonds. The van der Waals surface area contributed by atoms with Crippen molar-refractivity contribution in [3.05, 3.63) is 121 Å². The van der Waals surface area contributed by atoms with Crippen molar-refractivity contribution in [3.8, 4) is 16.2 Å². The van der Waals surface area contributed by atoms with Gasteiger partial charge in [0.1, 0.15) is 5.75 Å². The number of halogens is 2. The third-order valence-electron chi connectivity index (χ3n) is 6.57. The molecule has 5 aromatic rings. The zero-order valence-corrected chi connectivity index (χ0v) is 27.9. The number of pyridine rings is 1. The largest absolute Gasteiger partial charge is 0.506 e. The molecule has 46 heavy (non-hydrogen) atoms. The van der Waals surface area contributed by atoms with Gasteiger partial charge in [0.15, 0.2) is 0 Å². The minimum atomic E-state index is -3.74.